The van der Waals surface area contributed by atoms with E-state index >= 15 is 0 Å². The maximum atomic E-state index is 12.9. The molecular formula is C36H38N2O7. The third-order valence-electron chi connectivity index (χ3n) is 7.36. The molecule has 2 atom stereocenters. The maximum absolute atomic E-state index is 12.9. The van der Waals surface area contributed by atoms with Crippen molar-refractivity contribution >= 4 is 23.2 Å². The fourth-order valence-electron chi connectivity index (χ4n) is 5.17. The topological polar surface area (TPSA) is 108 Å². The van der Waals surface area contributed by atoms with E-state index in [0.29, 0.717) is 58.5 Å². The molecule has 1 amide bonds. The van der Waals surface area contributed by atoms with E-state index in [1.807, 2.05) is 60.7 Å². The highest BCUT2D eigenvalue weighted by Gasteiger charge is 2.28. The molecule has 9 heteroatoms. The second-order valence-corrected chi connectivity index (χ2v) is 10.5. The first kappa shape index (κ1) is 31.4. The molecule has 1 heterocycles. The molecule has 9 nitrogen and oxygen atoms in total. The number of rotatable bonds is 15. The number of hydrogen-bond acceptors (Lipinski definition) is 8. The molecule has 1 aliphatic heterocycles. The molecule has 4 aromatic carbocycles. The zero-order valence-corrected chi connectivity index (χ0v) is 25.6. The van der Waals surface area contributed by atoms with Crippen LogP contribution in [0.15, 0.2) is 91.0 Å². The fourth-order valence-corrected chi connectivity index (χ4v) is 5.17. The lowest BCUT2D eigenvalue weighted by Crippen LogP contribution is -2.39. The second kappa shape index (κ2) is 15.1. The normalized spacial score (nSPS) is 14.3. The van der Waals surface area contributed by atoms with Crippen molar-refractivity contribution in [2.75, 3.05) is 46.3 Å². The molecule has 3 N–H and O–H groups in total. The summed E-state index contributed by atoms with van der Waals surface area (Å²) in [6.07, 6.45) is 1.43. The Bertz CT molecular complexity index is 1620. The molecule has 0 fully saturated rings. The summed E-state index contributed by atoms with van der Waals surface area (Å²) in [4.78, 5) is 12.9. The number of methoxy groups -OCH3 is 3. The number of fused-ring (bicyclic) bond motifs is 1. The number of anilines is 1. The van der Waals surface area contributed by atoms with Crippen LogP contribution in [-0.4, -0.2) is 64.2 Å². The minimum absolute atomic E-state index is 0.0258. The van der Waals surface area contributed by atoms with Gasteiger partial charge in [-0.05, 0) is 53.6 Å². The minimum Gasteiger partial charge on any atom is -0.493 e. The first-order valence-electron chi connectivity index (χ1n) is 14.7. The number of aliphatic hydroxyl groups is 1. The van der Waals surface area contributed by atoms with Crippen LogP contribution in [0.1, 0.15) is 16.7 Å². The fraction of sp³-hybridized carbons (Fsp3) is 0.250. The molecule has 0 spiro atoms. The highest BCUT2D eigenvalue weighted by molar-refractivity contribution is 6.35. The highest BCUT2D eigenvalue weighted by Crippen LogP contribution is 2.40. The van der Waals surface area contributed by atoms with E-state index in [1.165, 1.54) is 0 Å². The molecule has 2 unspecified atom stereocenters. The first-order valence-corrected chi connectivity index (χ1v) is 14.7. The number of hydrogen-bond donors (Lipinski definition) is 3. The molecule has 5 rings (SSSR count). The number of nitrogens with one attached hydrogen (secondary N) is 2. The Hall–Kier alpha value is -4.99. The van der Waals surface area contributed by atoms with Gasteiger partial charge in [0, 0.05) is 19.5 Å². The van der Waals surface area contributed by atoms with Crippen molar-refractivity contribution in [3.63, 3.8) is 0 Å². The summed E-state index contributed by atoms with van der Waals surface area (Å²) in [6, 6.07) is 28.5. The zero-order chi connectivity index (χ0) is 31.6. The Labute approximate surface area is 263 Å². The zero-order valence-electron chi connectivity index (χ0n) is 25.6. The van der Waals surface area contributed by atoms with Gasteiger partial charge in [-0.1, -0.05) is 54.6 Å². The van der Waals surface area contributed by atoms with Gasteiger partial charge < -0.3 is 39.4 Å². The Kier molecular flexibility index (Phi) is 10.6. The number of aliphatic hydroxyl groups excluding tert-OH is 1. The molecule has 0 radical (unpaired) electrons. The number of carbonyl (C=O) groups excluding carboxylic acids is 1. The monoisotopic (exact) mass is 610 g/mol. The SMILES string of the molecule is COc1ccc(C=C2C(=O)Nc3cccc(OCC(O)CNCC(Cc4ccccc4)Oc4ccccc4OC)c32)cc1OC. The Morgan fingerprint density at radius 3 is 2.22 bits per heavy atom. The van der Waals surface area contributed by atoms with Gasteiger partial charge in [0.2, 0.25) is 0 Å². The van der Waals surface area contributed by atoms with Crippen molar-refractivity contribution in [1.29, 1.82) is 0 Å². The summed E-state index contributed by atoms with van der Waals surface area (Å²) in [7, 11) is 4.75. The molecule has 1 aliphatic rings. The molecule has 45 heavy (non-hydrogen) atoms. The maximum Gasteiger partial charge on any atom is 0.256 e. The molecule has 0 aromatic heterocycles. The van der Waals surface area contributed by atoms with Crippen LogP contribution >= 0.6 is 0 Å². The van der Waals surface area contributed by atoms with Crippen LogP contribution < -0.4 is 34.3 Å². The van der Waals surface area contributed by atoms with Gasteiger partial charge >= 0.3 is 0 Å². The highest BCUT2D eigenvalue weighted by atomic mass is 16.5. The summed E-state index contributed by atoms with van der Waals surface area (Å²) >= 11 is 0. The largest absolute Gasteiger partial charge is 0.493 e. The van der Waals surface area contributed by atoms with Crippen molar-refractivity contribution < 1.29 is 33.6 Å². The lowest BCUT2D eigenvalue weighted by Gasteiger charge is -2.22. The van der Waals surface area contributed by atoms with Crippen molar-refractivity contribution in [3.05, 3.63) is 108 Å². The standard InChI is InChI=1S/C36H38N2O7/c1-41-30-13-7-8-14-32(30)45-27(18-24-10-5-4-6-11-24)22-37-21-26(39)23-44-33-15-9-12-29-35(33)28(36(40)38-29)19-25-16-17-31(42-2)34(20-25)43-3/h4-17,19-20,26-27,37,39H,18,21-23H2,1-3H3,(H,38,40). The lowest BCUT2D eigenvalue weighted by molar-refractivity contribution is -0.110. The van der Waals surface area contributed by atoms with Crippen molar-refractivity contribution in [1.82, 2.24) is 5.32 Å². The van der Waals surface area contributed by atoms with Gasteiger partial charge in [-0.2, -0.15) is 0 Å². The molecule has 0 saturated carbocycles. The number of benzene rings is 4. The van der Waals surface area contributed by atoms with E-state index in [0.717, 1.165) is 11.1 Å². The first-order chi connectivity index (χ1) is 22.0. The van der Waals surface area contributed by atoms with Crippen LogP contribution in [0.25, 0.3) is 11.6 Å². The van der Waals surface area contributed by atoms with E-state index in [4.69, 9.17) is 23.7 Å². The number of para-hydroxylation sites is 2. The summed E-state index contributed by atoms with van der Waals surface area (Å²) in [5, 5.41) is 17.0. The molecule has 0 bridgehead atoms. The molecule has 4 aromatic rings. The Morgan fingerprint density at radius 1 is 0.778 bits per heavy atom. The van der Waals surface area contributed by atoms with Gasteiger partial charge in [-0.3, -0.25) is 4.79 Å². The van der Waals surface area contributed by atoms with E-state index in [1.54, 1.807) is 45.6 Å². The van der Waals surface area contributed by atoms with Crippen molar-refractivity contribution in [3.8, 4) is 28.7 Å². The lowest BCUT2D eigenvalue weighted by atomic mass is 10.0. The summed E-state index contributed by atoms with van der Waals surface area (Å²) in [6.45, 7) is 0.792. The van der Waals surface area contributed by atoms with Crippen LogP contribution in [0.5, 0.6) is 28.7 Å². The van der Waals surface area contributed by atoms with Crippen LogP contribution in [-0.2, 0) is 11.2 Å². The van der Waals surface area contributed by atoms with E-state index in [9.17, 15) is 9.90 Å². The predicted molar refractivity (Wildman–Crippen MR) is 174 cm³/mol. The third kappa shape index (κ3) is 7.94. The number of ether oxygens (including phenoxy) is 5. The molecule has 0 saturated heterocycles. The second-order valence-electron chi connectivity index (χ2n) is 10.5. The predicted octanol–water partition coefficient (Wildman–Crippen LogP) is 5.22. The third-order valence-corrected chi connectivity index (χ3v) is 7.36. The van der Waals surface area contributed by atoms with Gasteiger partial charge in [0.15, 0.2) is 23.0 Å². The van der Waals surface area contributed by atoms with Gasteiger partial charge in [-0.25, -0.2) is 0 Å². The van der Waals surface area contributed by atoms with E-state index in [-0.39, 0.29) is 25.2 Å². The van der Waals surface area contributed by atoms with Crippen molar-refractivity contribution in [2.45, 2.75) is 18.6 Å². The quantitative estimate of drug-likeness (QED) is 0.157. The Morgan fingerprint density at radius 2 is 1.47 bits per heavy atom. The van der Waals surface area contributed by atoms with Gasteiger partial charge in [0.1, 0.15) is 24.6 Å². The van der Waals surface area contributed by atoms with Crippen LogP contribution in [0.4, 0.5) is 5.69 Å². The van der Waals surface area contributed by atoms with Crippen LogP contribution in [0.3, 0.4) is 0 Å². The van der Waals surface area contributed by atoms with Crippen molar-refractivity contribution in [2.24, 2.45) is 0 Å². The van der Waals surface area contributed by atoms with Gasteiger partial charge in [0.05, 0.1) is 38.2 Å². The summed E-state index contributed by atoms with van der Waals surface area (Å²) in [5.74, 6) is 2.73. The van der Waals surface area contributed by atoms with E-state index in [2.05, 4.69) is 22.8 Å². The molecular weight excluding hydrogens is 572 g/mol. The average molecular weight is 611 g/mol. The molecule has 234 valence electrons. The van der Waals surface area contributed by atoms with E-state index < -0.39 is 6.10 Å². The van der Waals surface area contributed by atoms with Crippen LogP contribution in [0, 0.1) is 0 Å². The van der Waals surface area contributed by atoms with Gasteiger partial charge in [0.25, 0.3) is 5.91 Å². The minimum atomic E-state index is -0.812. The molecule has 0 aliphatic carbocycles. The average Bonchev–Trinajstić information content (AvgIpc) is 3.39. The summed E-state index contributed by atoms with van der Waals surface area (Å²) < 4.78 is 28.6. The number of amides is 1. The smallest absolute Gasteiger partial charge is 0.256 e. The Balaban J connectivity index is 1.23. The number of carbonyl (C=O) groups is 1. The summed E-state index contributed by atoms with van der Waals surface area (Å²) in [5.41, 5.74) is 3.66. The van der Waals surface area contributed by atoms with Crippen LogP contribution in [0.2, 0.25) is 0 Å². The van der Waals surface area contributed by atoms with Gasteiger partial charge in [-0.15, -0.1) is 0 Å².